The Morgan fingerprint density at radius 3 is 2.88 bits per heavy atom. The van der Waals surface area contributed by atoms with Gasteiger partial charge in [-0.3, -0.25) is 5.10 Å². The van der Waals surface area contributed by atoms with Crippen molar-refractivity contribution >= 4 is 0 Å². The third kappa shape index (κ3) is 2.38. The van der Waals surface area contributed by atoms with Crippen LogP contribution in [0, 0.1) is 0 Å². The molecule has 4 nitrogen and oxygen atoms in total. The van der Waals surface area contributed by atoms with E-state index in [1.807, 2.05) is 0 Å². The van der Waals surface area contributed by atoms with E-state index in [0.29, 0.717) is 6.61 Å². The molecule has 0 spiro atoms. The van der Waals surface area contributed by atoms with Crippen molar-refractivity contribution in [1.29, 1.82) is 0 Å². The number of aromatic nitrogens is 2. The summed E-state index contributed by atoms with van der Waals surface area (Å²) in [4.78, 5) is 2.46. The van der Waals surface area contributed by atoms with E-state index in [2.05, 4.69) is 15.1 Å². The van der Waals surface area contributed by atoms with Crippen LogP contribution in [-0.4, -0.2) is 46.4 Å². The maximum atomic E-state index is 8.88. The highest BCUT2D eigenvalue weighted by molar-refractivity contribution is 5.32. The molecule has 17 heavy (non-hydrogen) atoms. The first-order valence-electron chi connectivity index (χ1n) is 6.77. The highest BCUT2D eigenvalue weighted by Crippen LogP contribution is 2.41. The van der Waals surface area contributed by atoms with Gasteiger partial charge in [-0.2, -0.15) is 5.10 Å². The molecule has 2 N–H and O–H groups in total. The van der Waals surface area contributed by atoms with Gasteiger partial charge < -0.3 is 10.0 Å². The molecule has 1 aromatic rings. The Hall–Kier alpha value is -0.870. The molecule has 94 valence electrons. The van der Waals surface area contributed by atoms with Crippen LogP contribution in [0.2, 0.25) is 0 Å². The van der Waals surface area contributed by atoms with Crippen molar-refractivity contribution in [3.63, 3.8) is 0 Å². The van der Waals surface area contributed by atoms with Gasteiger partial charge in [-0.15, -0.1) is 0 Å². The second-order valence-electron chi connectivity index (χ2n) is 5.26. The first kappa shape index (κ1) is 11.2. The normalized spacial score (nSPS) is 21.2. The average molecular weight is 235 g/mol. The average Bonchev–Trinajstić information content (AvgIpc) is 3.14. The van der Waals surface area contributed by atoms with E-state index in [0.717, 1.165) is 44.8 Å². The molecule has 1 fully saturated rings. The molecule has 1 aliphatic heterocycles. The van der Waals surface area contributed by atoms with Gasteiger partial charge in [0.1, 0.15) is 0 Å². The number of nitrogens with one attached hydrogen (secondary N) is 1. The standard InChI is InChI=1S/C13H21N3O/c17-9-1-6-16-7-4-11-12(5-8-16)14-15-13(11)10-2-3-10/h10,17H,1-9H2,(H,14,15). The summed E-state index contributed by atoms with van der Waals surface area (Å²) < 4.78 is 0. The van der Waals surface area contributed by atoms with E-state index in [9.17, 15) is 0 Å². The fourth-order valence-electron chi connectivity index (χ4n) is 2.77. The summed E-state index contributed by atoms with van der Waals surface area (Å²) in [6.45, 7) is 3.54. The van der Waals surface area contributed by atoms with Crippen LogP contribution in [0.15, 0.2) is 0 Å². The van der Waals surface area contributed by atoms with Crippen LogP contribution in [0.3, 0.4) is 0 Å². The van der Waals surface area contributed by atoms with Gasteiger partial charge in [0.05, 0.1) is 5.69 Å². The molecule has 0 aromatic carbocycles. The molecular formula is C13H21N3O. The summed E-state index contributed by atoms with van der Waals surface area (Å²) in [6.07, 6.45) is 5.75. The topological polar surface area (TPSA) is 52.1 Å². The molecule has 1 aliphatic carbocycles. The van der Waals surface area contributed by atoms with Gasteiger partial charge in [0.25, 0.3) is 0 Å². The Bertz CT molecular complexity index is 384. The van der Waals surface area contributed by atoms with E-state index in [-0.39, 0.29) is 0 Å². The van der Waals surface area contributed by atoms with Gasteiger partial charge in [0.15, 0.2) is 0 Å². The van der Waals surface area contributed by atoms with Gasteiger partial charge in [-0.05, 0) is 31.2 Å². The minimum absolute atomic E-state index is 0.302. The number of hydrogen-bond donors (Lipinski definition) is 2. The predicted octanol–water partition coefficient (Wildman–Crippen LogP) is 1.07. The second-order valence-corrected chi connectivity index (χ2v) is 5.26. The Morgan fingerprint density at radius 1 is 1.29 bits per heavy atom. The molecule has 1 saturated carbocycles. The van der Waals surface area contributed by atoms with Crippen LogP contribution >= 0.6 is 0 Å². The number of rotatable bonds is 4. The minimum atomic E-state index is 0.302. The Balaban J connectivity index is 1.68. The zero-order valence-electron chi connectivity index (χ0n) is 10.3. The van der Waals surface area contributed by atoms with Gasteiger partial charge in [0, 0.05) is 44.3 Å². The van der Waals surface area contributed by atoms with Crippen molar-refractivity contribution in [2.45, 2.75) is 38.0 Å². The van der Waals surface area contributed by atoms with Crippen molar-refractivity contribution in [1.82, 2.24) is 15.1 Å². The Kier molecular flexibility index (Phi) is 3.16. The SMILES string of the molecule is OCCCN1CCc2[nH]nc(C3CC3)c2CC1. The first-order chi connectivity index (χ1) is 8.38. The fourth-order valence-corrected chi connectivity index (χ4v) is 2.77. The lowest BCUT2D eigenvalue weighted by Gasteiger charge is -2.18. The van der Waals surface area contributed by atoms with Crippen LogP contribution in [0.1, 0.15) is 42.1 Å². The molecule has 0 radical (unpaired) electrons. The molecule has 0 unspecified atom stereocenters. The number of aromatic amines is 1. The monoisotopic (exact) mass is 235 g/mol. The molecular weight excluding hydrogens is 214 g/mol. The molecule has 2 heterocycles. The van der Waals surface area contributed by atoms with Gasteiger partial charge in [0.2, 0.25) is 0 Å². The smallest absolute Gasteiger partial charge is 0.0688 e. The molecule has 1 aromatic heterocycles. The summed E-state index contributed by atoms with van der Waals surface area (Å²) in [6, 6.07) is 0. The van der Waals surface area contributed by atoms with Gasteiger partial charge in [-0.25, -0.2) is 0 Å². The van der Waals surface area contributed by atoms with Crippen LogP contribution < -0.4 is 0 Å². The lowest BCUT2D eigenvalue weighted by molar-refractivity contribution is 0.229. The summed E-state index contributed by atoms with van der Waals surface area (Å²) >= 11 is 0. The molecule has 4 heteroatoms. The van der Waals surface area contributed by atoms with E-state index in [4.69, 9.17) is 5.11 Å². The second kappa shape index (κ2) is 4.78. The zero-order valence-corrected chi connectivity index (χ0v) is 10.3. The molecule has 2 aliphatic rings. The summed E-state index contributed by atoms with van der Waals surface area (Å²) in [7, 11) is 0. The number of H-pyrrole nitrogens is 1. The van der Waals surface area contributed by atoms with E-state index in [1.165, 1.54) is 29.8 Å². The number of hydrogen-bond acceptors (Lipinski definition) is 3. The van der Waals surface area contributed by atoms with Gasteiger partial charge in [-0.1, -0.05) is 0 Å². The number of aliphatic hydroxyl groups is 1. The van der Waals surface area contributed by atoms with Gasteiger partial charge >= 0.3 is 0 Å². The van der Waals surface area contributed by atoms with Crippen molar-refractivity contribution in [3.8, 4) is 0 Å². The highest BCUT2D eigenvalue weighted by atomic mass is 16.3. The maximum Gasteiger partial charge on any atom is 0.0688 e. The quantitative estimate of drug-likeness (QED) is 0.821. The lowest BCUT2D eigenvalue weighted by atomic mass is 10.1. The third-order valence-electron chi connectivity index (χ3n) is 3.94. The fraction of sp³-hybridized carbons (Fsp3) is 0.769. The molecule has 3 rings (SSSR count). The molecule has 0 bridgehead atoms. The zero-order chi connectivity index (χ0) is 11.7. The first-order valence-corrected chi connectivity index (χ1v) is 6.77. The summed E-state index contributed by atoms with van der Waals surface area (Å²) in [5, 5.41) is 16.6. The molecule has 0 amide bonds. The van der Waals surface area contributed by atoms with Crippen molar-refractivity contribution in [2.24, 2.45) is 0 Å². The molecule has 0 atom stereocenters. The van der Waals surface area contributed by atoms with Crippen LogP contribution in [0.25, 0.3) is 0 Å². The number of fused-ring (bicyclic) bond motifs is 1. The lowest BCUT2D eigenvalue weighted by Crippen LogP contribution is -2.28. The Morgan fingerprint density at radius 2 is 2.12 bits per heavy atom. The number of aliphatic hydroxyl groups excluding tert-OH is 1. The summed E-state index contributed by atoms with van der Waals surface area (Å²) in [5.41, 5.74) is 4.21. The predicted molar refractivity (Wildman–Crippen MR) is 66.1 cm³/mol. The van der Waals surface area contributed by atoms with Crippen molar-refractivity contribution in [2.75, 3.05) is 26.2 Å². The molecule has 0 saturated heterocycles. The van der Waals surface area contributed by atoms with E-state index < -0.39 is 0 Å². The minimum Gasteiger partial charge on any atom is -0.396 e. The highest BCUT2D eigenvalue weighted by Gasteiger charge is 2.30. The third-order valence-corrected chi connectivity index (χ3v) is 3.94. The number of nitrogens with zero attached hydrogens (tertiary/aromatic N) is 2. The van der Waals surface area contributed by atoms with E-state index in [1.54, 1.807) is 0 Å². The summed E-state index contributed by atoms with van der Waals surface area (Å²) in [5.74, 6) is 0.749. The van der Waals surface area contributed by atoms with Crippen molar-refractivity contribution < 1.29 is 5.11 Å². The van der Waals surface area contributed by atoms with Crippen LogP contribution in [0.5, 0.6) is 0 Å². The Labute approximate surface area is 102 Å². The van der Waals surface area contributed by atoms with Crippen LogP contribution in [0.4, 0.5) is 0 Å². The van der Waals surface area contributed by atoms with Crippen LogP contribution in [-0.2, 0) is 12.8 Å². The van der Waals surface area contributed by atoms with E-state index >= 15 is 0 Å². The largest absolute Gasteiger partial charge is 0.396 e. The van der Waals surface area contributed by atoms with Crippen molar-refractivity contribution in [3.05, 3.63) is 17.0 Å². The maximum absolute atomic E-state index is 8.88.